The van der Waals surface area contributed by atoms with Crippen LogP contribution in [0.25, 0.3) is 0 Å². The summed E-state index contributed by atoms with van der Waals surface area (Å²) in [6, 6.07) is 1.05. The van der Waals surface area contributed by atoms with Crippen LogP contribution in [0.3, 0.4) is 0 Å². The van der Waals surface area contributed by atoms with Crippen LogP contribution in [0.1, 0.15) is 11.3 Å². The summed E-state index contributed by atoms with van der Waals surface area (Å²) >= 11 is 5.39. The molecule has 1 unspecified atom stereocenters. The van der Waals surface area contributed by atoms with E-state index in [0.717, 1.165) is 12.3 Å². The highest BCUT2D eigenvalue weighted by Gasteiger charge is 2.06. The first kappa shape index (κ1) is 8.10. The van der Waals surface area contributed by atoms with E-state index in [1.54, 1.807) is 0 Å². The lowest BCUT2D eigenvalue weighted by atomic mass is 10.4. The Hall–Kier alpha value is -1.00. The predicted molar refractivity (Wildman–Crippen MR) is 39.4 cm³/mol. The summed E-state index contributed by atoms with van der Waals surface area (Å²) in [6.45, 7) is 0. The van der Waals surface area contributed by atoms with Crippen molar-refractivity contribution in [3.63, 3.8) is 0 Å². The molecule has 1 heterocycles. The van der Waals surface area contributed by atoms with Crippen molar-refractivity contribution in [3.05, 3.63) is 28.3 Å². The Labute approximate surface area is 67.2 Å². The minimum Gasteiger partial charge on any atom is -0.502 e. The minimum atomic E-state index is -0.858. The molecular formula is C6H6ClNO3. The standard InChI is InChI=1S/C6H6ClNO3/c7-6(8)5-1-3(9)4(10)2-11-5/h1-2,6,10H,8H2. The van der Waals surface area contributed by atoms with Crippen LogP contribution in [0.4, 0.5) is 0 Å². The van der Waals surface area contributed by atoms with Crippen molar-refractivity contribution in [2.45, 2.75) is 5.50 Å². The fourth-order valence-corrected chi connectivity index (χ4v) is 0.678. The molecule has 0 radical (unpaired) electrons. The van der Waals surface area contributed by atoms with Gasteiger partial charge in [-0.05, 0) is 0 Å². The Balaban J connectivity index is 3.16. The van der Waals surface area contributed by atoms with E-state index in [1.165, 1.54) is 0 Å². The molecule has 0 aliphatic rings. The van der Waals surface area contributed by atoms with Gasteiger partial charge >= 0.3 is 0 Å². The van der Waals surface area contributed by atoms with Crippen molar-refractivity contribution >= 4 is 11.6 Å². The molecule has 0 spiro atoms. The number of halogens is 1. The summed E-state index contributed by atoms with van der Waals surface area (Å²) in [5, 5.41) is 8.74. The summed E-state index contributed by atoms with van der Waals surface area (Å²) in [4.78, 5) is 10.7. The van der Waals surface area contributed by atoms with Gasteiger partial charge < -0.3 is 15.3 Å². The highest BCUT2D eigenvalue weighted by Crippen LogP contribution is 2.13. The van der Waals surface area contributed by atoms with Gasteiger partial charge in [0.05, 0.1) is 0 Å². The van der Waals surface area contributed by atoms with Gasteiger partial charge in [0.15, 0.2) is 5.75 Å². The average molecular weight is 176 g/mol. The average Bonchev–Trinajstić information content (AvgIpc) is 1.94. The largest absolute Gasteiger partial charge is 0.502 e. The van der Waals surface area contributed by atoms with Gasteiger partial charge in [-0.25, -0.2) is 0 Å². The molecule has 0 aromatic carbocycles. The summed E-state index contributed by atoms with van der Waals surface area (Å²) in [5.74, 6) is -0.319. The molecule has 1 rings (SSSR count). The maximum Gasteiger partial charge on any atom is 0.226 e. The molecule has 1 aromatic heterocycles. The van der Waals surface area contributed by atoms with Crippen LogP contribution in [0.2, 0.25) is 0 Å². The number of alkyl halides is 1. The van der Waals surface area contributed by atoms with E-state index >= 15 is 0 Å². The molecule has 11 heavy (non-hydrogen) atoms. The molecule has 0 fully saturated rings. The highest BCUT2D eigenvalue weighted by molar-refractivity contribution is 6.20. The molecule has 60 valence electrons. The van der Waals surface area contributed by atoms with Crippen LogP contribution < -0.4 is 11.2 Å². The van der Waals surface area contributed by atoms with Crippen molar-refractivity contribution in [1.29, 1.82) is 0 Å². The van der Waals surface area contributed by atoms with Gasteiger partial charge in [-0.1, -0.05) is 11.6 Å². The van der Waals surface area contributed by atoms with Crippen molar-refractivity contribution in [1.82, 2.24) is 0 Å². The fraction of sp³-hybridized carbons (Fsp3) is 0.167. The third-order valence-corrected chi connectivity index (χ3v) is 1.32. The van der Waals surface area contributed by atoms with Crippen molar-refractivity contribution in [2.75, 3.05) is 0 Å². The Kier molecular flexibility index (Phi) is 2.16. The molecule has 1 aromatic rings. The molecule has 0 aliphatic heterocycles. The van der Waals surface area contributed by atoms with E-state index in [4.69, 9.17) is 26.9 Å². The number of hydrogen-bond donors (Lipinski definition) is 2. The van der Waals surface area contributed by atoms with Gasteiger partial charge in [0.25, 0.3) is 0 Å². The summed E-state index contributed by atoms with van der Waals surface area (Å²) in [5.41, 5.74) is 3.77. The maximum atomic E-state index is 10.7. The molecule has 1 atom stereocenters. The predicted octanol–water partition coefficient (Wildman–Crippen LogP) is 0.542. The van der Waals surface area contributed by atoms with Gasteiger partial charge in [0.2, 0.25) is 5.43 Å². The third-order valence-electron chi connectivity index (χ3n) is 1.10. The smallest absolute Gasteiger partial charge is 0.226 e. The zero-order valence-corrected chi connectivity index (χ0v) is 6.21. The molecule has 0 amide bonds. The lowest BCUT2D eigenvalue weighted by Crippen LogP contribution is -2.06. The SMILES string of the molecule is NC(Cl)c1cc(=O)c(O)co1. The highest BCUT2D eigenvalue weighted by atomic mass is 35.5. The van der Waals surface area contributed by atoms with Gasteiger partial charge in [-0.2, -0.15) is 0 Å². The molecule has 4 nitrogen and oxygen atoms in total. The second-order valence-corrected chi connectivity index (χ2v) is 2.40. The Morgan fingerprint density at radius 3 is 2.82 bits per heavy atom. The van der Waals surface area contributed by atoms with Crippen LogP contribution in [-0.2, 0) is 0 Å². The van der Waals surface area contributed by atoms with Crippen LogP contribution in [0, 0.1) is 0 Å². The van der Waals surface area contributed by atoms with E-state index < -0.39 is 16.7 Å². The van der Waals surface area contributed by atoms with E-state index in [1.807, 2.05) is 0 Å². The van der Waals surface area contributed by atoms with Gasteiger partial charge in [-0.3, -0.25) is 4.79 Å². The Morgan fingerprint density at radius 2 is 2.36 bits per heavy atom. The van der Waals surface area contributed by atoms with Gasteiger partial charge in [0, 0.05) is 6.07 Å². The molecule has 3 N–H and O–H groups in total. The maximum absolute atomic E-state index is 10.7. The van der Waals surface area contributed by atoms with Crippen LogP contribution in [0.15, 0.2) is 21.5 Å². The van der Waals surface area contributed by atoms with Crippen LogP contribution in [0.5, 0.6) is 5.75 Å². The second-order valence-electron chi connectivity index (χ2n) is 1.93. The lowest BCUT2D eigenvalue weighted by molar-refractivity contribution is 0.412. The van der Waals surface area contributed by atoms with E-state index in [-0.39, 0.29) is 5.76 Å². The topological polar surface area (TPSA) is 76.5 Å². The van der Waals surface area contributed by atoms with E-state index in [2.05, 4.69) is 0 Å². The number of hydrogen-bond acceptors (Lipinski definition) is 4. The molecular weight excluding hydrogens is 170 g/mol. The third kappa shape index (κ3) is 1.72. The Bertz CT molecular complexity index is 307. The van der Waals surface area contributed by atoms with Crippen molar-refractivity contribution in [2.24, 2.45) is 5.73 Å². The lowest BCUT2D eigenvalue weighted by Gasteiger charge is -1.99. The van der Waals surface area contributed by atoms with Crippen LogP contribution >= 0.6 is 11.6 Å². The minimum absolute atomic E-state index is 0.134. The molecule has 0 saturated heterocycles. The number of rotatable bonds is 1. The second kappa shape index (κ2) is 2.94. The number of aromatic hydroxyl groups is 1. The molecule has 5 heteroatoms. The summed E-state index contributed by atoms with van der Waals surface area (Å²) in [7, 11) is 0. The monoisotopic (exact) mass is 175 g/mol. The normalized spacial score (nSPS) is 12.9. The van der Waals surface area contributed by atoms with Crippen molar-refractivity contribution < 1.29 is 9.52 Å². The summed E-state index contributed by atoms with van der Waals surface area (Å²) in [6.07, 6.45) is 0.903. The first-order valence-corrected chi connectivity index (χ1v) is 3.26. The van der Waals surface area contributed by atoms with Crippen LogP contribution in [-0.4, -0.2) is 5.11 Å². The van der Waals surface area contributed by atoms with Gasteiger partial charge in [-0.15, -0.1) is 0 Å². The first-order valence-electron chi connectivity index (χ1n) is 2.82. The molecule has 0 bridgehead atoms. The fourth-order valence-electron chi connectivity index (χ4n) is 0.564. The van der Waals surface area contributed by atoms with Crippen molar-refractivity contribution in [3.8, 4) is 5.75 Å². The Morgan fingerprint density at radius 1 is 1.73 bits per heavy atom. The van der Waals surface area contributed by atoms with E-state index in [9.17, 15) is 4.79 Å². The first-order chi connectivity index (χ1) is 5.11. The summed E-state index contributed by atoms with van der Waals surface area (Å²) < 4.78 is 4.69. The zero-order valence-electron chi connectivity index (χ0n) is 5.45. The molecule has 0 saturated carbocycles. The van der Waals surface area contributed by atoms with E-state index in [0.29, 0.717) is 0 Å². The zero-order chi connectivity index (χ0) is 8.43. The number of nitrogens with two attached hydrogens (primary N) is 1. The van der Waals surface area contributed by atoms with Gasteiger partial charge in [0.1, 0.15) is 17.5 Å². The quantitative estimate of drug-likeness (QED) is 0.483. The molecule has 0 aliphatic carbocycles.